The first-order valence-corrected chi connectivity index (χ1v) is 8.44. The van der Waals surface area contributed by atoms with Crippen LogP contribution in [0.4, 0.5) is 0 Å². The molecule has 2 heteroatoms. The molecular weight excluding hydrogens is 232 g/mol. The number of hydrogen-bond donors (Lipinski definition) is 1. The van der Waals surface area contributed by atoms with Crippen LogP contribution in [0.25, 0.3) is 0 Å². The maximum absolute atomic E-state index is 6.47. The van der Waals surface area contributed by atoms with Gasteiger partial charge in [-0.15, -0.1) is 0 Å². The summed E-state index contributed by atoms with van der Waals surface area (Å²) >= 11 is 0. The Hall–Kier alpha value is -0.0800. The van der Waals surface area contributed by atoms with E-state index in [0.29, 0.717) is 11.5 Å². The van der Waals surface area contributed by atoms with Gasteiger partial charge in [-0.2, -0.15) is 0 Å². The molecule has 0 spiro atoms. The molecule has 1 unspecified atom stereocenters. The fourth-order valence-corrected chi connectivity index (χ4v) is 4.02. The number of nitrogens with zero attached hydrogens (tertiary/aromatic N) is 1. The lowest BCUT2D eigenvalue weighted by Crippen LogP contribution is -2.46. The highest BCUT2D eigenvalue weighted by Gasteiger charge is 2.30. The normalized spacial score (nSPS) is 27.6. The molecule has 19 heavy (non-hydrogen) atoms. The minimum absolute atomic E-state index is 0.403. The van der Waals surface area contributed by atoms with Gasteiger partial charge in [-0.1, -0.05) is 33.1 Å². The number of nitrogens with two attached hydrogens (primary N) is 1. The van der Waals surface area contributed by atoms with Crippen molar-refractivity contribution in [2.75, 3.05) is 13.6 Å². The molecule has 2 nitrogen and oxygen atoms in total. The van der Waals surface area contributed by atoms with Gasteiger partial charge >= 0.3 is 0 Å². The highest BCUT2D eigenvalue weighted by Crippen LogP contribution is 2.36. The largest absolute Gasteiger partial charge is 0.326 e. The minimum Gasteiger partial charge on any atom is -0.326 e. The average Bonchev–Trinajstić information content (AvgIpc) is 2.39. The van der Waals surface area contributed by atoms with Crippen LogP contribution in [0.5, 0.6) is 0 Å². The monoisotopic (exact) mass is 266 g/mol. The zero-order chi connectivity index (χ0) is 13.9. The Bertz CT molecular complexity index is 258. The van der Waals surface area contributed by atoms with Crippen LogP contribution in [-0.2, 0) is 0 Å². The molecule has 0 aromatic rings. The quantitative estimate of drug-likeness (QED) is 0.838. The van der Waals surface area contributed by atoms with Crippen molar-refractivity contribution in [1.29, 1.82) is 0 Å². The van der Waals surface area contributed by atoms with E-state index < -0.39 is 0 Å². The Morgan fingerprint density at radius 2 is 1.63 bits per heavy atom. The van der Waals surface area contributed by atoms with Crippen LogP contribution in [0.15, 0.2) is 0 Å². The number of rotatable bonds is 4. The van der Waals surface area contributed by atoms with Crippen LogP contribution in [0.1, 0.15) is 71.6 Å². The zero-order valence-electron chi connectivity index (χ0n) is 13.3. The Morgan fingerprint density at radius 1 is 1.05 bits per heavy atom. The van der Waals surface area contributed by atoms with Gasteiger partial charge in [-0.3, -0.25) is 0 Å². The van der Waals surface area contributed by atoms with Gasteiger partial charge in [-0.05, 0) is 56.9 Å². The van der Waals surface area contributed by atoms with Crippen LogP contribution in [0.3, 0.4) is 0 Å². The van der Waals surface area contributed by atoms with Gasteiger partial charge in [0.15, 0.2) is 0 Å². The molecule has 2 saturated carbocycles. The van der Waals surface area contributed by atoms with E-state index in [1.165, 1.54) is 57.8 Å². The van der Waals surface area contributed by atoms with Crippen LogP contribution in [-0.4, -0.2) is 30.6 Å². The van der Waals surface area contributed by atoms with Crippen LogP contribution >= 0.6 is 0 Å². The zero-order valence-corrected chi connectivity index (χ0v) is 13.3. The van der Waals surface area contributed by atoms with Crippen molar-refractivity contribution in [3.05, 3.63) is 0 Å². The van der Waals surface area contributed by atoms with Crippen LogP contribution < -0.4 is 5.73 Å². The second kappa shape index (κ2) is 6.58. The molecular formula is C17H34N2. The smallest absolute Gasteiger partial charge is 0.0196 e. The summed E-state index contributed by atoms with van der Waals surface area (Å²) in [7, 11) is 2.30. The van der Waals surface area contributed by atoms with Gasteiger partial charge in [0, 0.05) is 18.6 Å². The van der Waals surface area contributed by atoms with Crippen molar-refractivity contribution in [1.82, 2.24) is 4.90 Å². The first-order chi connectivity index (χ1) is 8.98. The lowest BCUT2D eigenvalue weighted by atomic mass is 9.75. The highest BCUT2D eigenvalue weighted by molar-refractivity contribution is 4.85. The topological polar surface area (TPSA) is 29.3 Å². The van der Waals surface area contributed by atoms with E-state index in [0.717, 1.165) is 18.5 Å². The molecule has 1 atom stereocenters. The van der Waals surface area contributed by atoms with Gasteiger partial charge < -0.3 is 10.6 Å². The first kappa shape index (κ1) is 15.3. The summed E-state index contributed by atoms with van der Waals surface area (Å²) in [6.07, 6.45) is 12.4. The van der Waals surface area contributed by atoms with E-state index >= 15 is 0 Å². The maximum Gasteiger partial charge on any atom is 0.0196 e. The Morgan fingerprint density at radius 3 is 2.21 bits per heavy atom. The Kier molecular flexibility index (Phi) is 5.30. The molecule has 2 fully saturated rings. The molecule has 0 radical (unpaired) electrons. The van der Waals surface area contributed by atoms with Crippen molar-refractivity contribution in [3.63, 3.8) is 0 Å². The molecule has 0 amide bonds. The number of hydrogen-bond acceptors (Lipinski definition) is 2. The minimum atomic E-state index is 0.403. The van der Waals surface area contributed by atoms with E-state index in [4.69, 9.17) is 5.73 Å². The summed E-state index contributed by atoms with van der Waals surface area (Å²) < 4.78 is 0. The Labute approximate surface area is 120 Å². The Balaban J connectivity index is 1.75. The van der Waals surface area contributed by atoms with Gasteiger partial charge in [0.05, 0.1) is 0 Å². The van der Waals surface area contributed by atoms with Crippen LogP contribution in [0.2, 0.25) is 0 Å². The predicted molar refractivity (Wildman–Crippen MR) is 83.2 cm³/mol. The molecule has 0 aliphatic heterocycles. The van der Waals surface area contributed by atoms with E-state index in [9.17, 15) is 0 Å². The predicted octanol–water partition coefficient (Wildman–Crippen LogP) is 3.79. The summed E-state index contributed by atoms with van der Waals surface area (Å²) in [6.45, 7) is 5.93. The van der Waals surface area contributed by atoms with Crippen molar-refractivity contribution in [2.45, 2.75) is 83.7 Å². The summed E-state index contributed by atoms with van der Waals surface area (Å²) in [5, 5.41) is 0. The van der Waals surface area contributed by atoms with Crippen molar-refractivity contribution in [2.24, 2.45) is 17.1 Å². The van der Waals surface area contributed by atoms with E-state index in [2.05, 4.69) is 25.8 Å². The molecule has 2 N–H and O–H groups in total. The molecule has 0 heterocycles. The molecule has 2 aliphatic carbocycles. The van der Waals surface area contributed by atoms with Crippen LogP contribution in [0, 0.1) is 11.3 Å². The molecule has 112 valence electrons. The standard InChI is InChI=1S/C17H34N2/c1-17(2)11-9-15(10-12-17)19(3)13-16(18)14-7-5-4-6-8-14/h14-16H,4-13,18H2,1-3H3. The SMILES string of the molecule is CN(CC(N)C1CCCCC1)C1CCC(C)(C)CC1. The van der Waals surface area contributed by atoms with Crippen molar-refractivity contribution < 1.29 is 0 Å². The first-order valence-electron chi connectivity index (χ1n) is 8.44. The van der Waals surface area contributed by atoms with Gasteiger partial charge in [0.25, 0.3) is 0 Å². The second-order valence-corrected chi connectivity index (χ2v) is 7.90. The van der Waals surface area contributed by atoms with Gasteiger partial charge in [0.2, 0.25) is 0 Å². The van der Waals surface area contributed by atoms with Crippen molar-refractivity contribution >= 4 is 0 Å². The lowest BCUT2D eigenvalue weighted by molar-refractivity contribution is 0.113. The highest BCUT2D eigenvalue weighted by atomic mass is 15.1. The molecule has 0 aromatic heterocycles. The third-order valence-corrected chi connectivity index (χ3v) is 5.69. The molecule has 0 bridgehead atoms. The molecule has 2 aliphatic rings. The molecule has 2 rings (SSSR count). The summed E-state index contributed by atoms with van der Waals surface area (Å²) in [5.41, 5.74) is 7.04. The fraction of sp³-hybridized carbons (Fsp3) is 1.00. The summed E-state index contributed by atoms with van der Waals surface area (Å²) in [6, 6.07) is 1.18. The molecule has 0 aromatic carbocycles. The number of likely N-dealkylation sites (N-methyl/N-ethyl adjacent to an activating group) is 1. The maximum atomic E-state index is 6.47. The van der Waals surface area contributed by atoms with Crippen molar-refractivity contribution in [3.8, 4) is 0 Å². The summed E-state index contributed by atoms with van der Waals surface area (Å²) in [5.74, 6) is 0.788. The second-order valence-electron chi connectivity index (χ2n) is 7.90. The van der Waals surface area contributed by atoms with Gasteiger partial charge in [0.1, 0.15) is 0 Å². The third kappa shape index (κ3) is 4.46. The van der Waals surface area contributed by atoms with E-state index in [1.54, 1.807) is 0 Å². The van der Waals surface area contributed by atoms with E-state index in [1.807, 2.05) is 0 Å². The average molecular weight is 266 g/mol. The summed E-state index contributed by atoms with van der Waals surface area (Å²) in [4.78, 5) is 2.56. The van der Waals surface area contributed by atoms with Gasteiger partial charge in [-0.25, -0.2) is 0 Å². The van der Waals surface area contributed by atoms with E-state index in [-0.39, 0.29) is 0 Å². The third-order valence-electron chi connectivity index (χ3n) is 5.69. The fourth-order valence-electron chi connectivity index (χ4n) is 4.02. The molecule has 0 saturated heterocycles. The lowest BCUT2D eigenvalue weighted by Gasteiger charge is -2.40.